The Kier molecular flexibility index (Phi) is 5.08. The van der Waals surface area contributed by atoms with Crippen molar-refractivity contribution in [2.24, 2.45) is 0 Å². The van der Waals surface area contributed by atoms with Gasteiger partial charge in [0.15, 0.2) is 0 Å². The van der Waals surface area contributed by atoms with Crippen molar-refractivity contribution in [3.05, 3.63) is 94.1 Å². The van der Waals surface area contributed by atoms with E-state index in [-0.39, 0.29) is 11.4 Å². The first-order valence-electron chi connectivity index (χ1n) is 8.65. The molecule has 4 rings (SSSR count). The topological polar surface area (TPSA) is 98.0 Å². The van der Waals surface area contributed by atoms with Crippen molar-refractivity contribution in [3.8, 4) is 21.8 Å². The molecule has 0 unspecified atom stereocenters. The van der Waals surface area contributed by atoms with Gasteiger partial charge in [0.05, 0.1) is 10.6 Å². The molecule has 0 aliphatic rings. The fourth-order valence-corrected chi connectivity index (χ4v) is 3.77. The molecule has 2 aromatic heterocycles. The summed E-state index contributed by atoms with van der Waals surface area (Å²) in [5.41, 5.74) is 2.03. The van der Waals surface area contributed by atoms with Gasteiger partial charge in [-0.3, -0.25) is 19.9 Å². The van der Waals surface area contributed by atoms with Crippen molar-refractivity contribution in [1.82, 2.24) is 9.97 Å². The number of nitro groups is 1. The average Bonchev–Trinajstić information content (AvgIpc) is 3.21. The Balaban J connectivity index is 1.77. The smallest absolute Gasteiger partial charge is 0.310 e. The number of benzene rings is 2. The maximum absolute atomic E-state index is 13.0. The Morgan fingerprint density at radius 3 is 2.28 bits per heavy atom. The highest BCUT2D eigenvalue weighted by Crippen LogP contribution is 2.35. The summed E-state index contributed by atoms with van der Waals surface area (Å²) in [6.45, 7) is 0. The van der Waals surface area contributed by atoms with Gasteiger partial charge in [0, 0.05) is 17.3 Å². The lowest BCUT2D eigenvalue weighted by Crippen LogP contribution is -2.13. The highest BCUT2D eigenvalue weighted by molar-refractivity contribution is 7.17. The van der Waals surface area contributed by atoms with Gasteiger partial charge in [-0.1, -0.05) is 60.7 Å². The number of rotatable bonds is 5. The van der Waals surface area contributed by atoms with Gasteiger partial charge >= 0.3 is 5.69 Å². The molecule has 0 atom stereocenters. The molecule has 1 N–H and O–H groups in total. The van der Waals surface area contributed by atoms with Gasteiger partial charge in [-0.05, 0) is 6.07 Å². The molecule has 8 heteroatoms. The lowest BCUT2D eigenvalue weighted by atomic mass is 10.1. The molecule has 142 valence electrons. The number of aromatic nitrogens is 2. The van der Waals surface area contributed by atoms with Gasteiger partial charge in [0.1, 0.15) is 21.8 Å². The highest BCUT2D eigenvalue weighted by atomic mass is 32.1. The van der Waals surface area contributed by atoms with E-state index in [9.17, 15) is 14.9 Å². The third-order valence-electron chi connectivity index (χ3n) is 4.15. The fourth-order valence-electron chi connectivity index (χ4n) is 2.79. The first-order valence-corrected chi connectivity index (χ1v) is 9.46. The van der Waals surface area contributed by atoms with Crippen LogP contribution in [0.5, 0.6) is 0 Å². The van der Waals surface area contributed by atoms with Crippen LogP contribution in [-0.2, 0) is 0 Å². The SMILES string of the molecule is O=C(Nc1ccncc1[N+](=O)[O-])c1sc(-c2ccccc2)nc1-c1ccccc1. The molecule has 0 fully saturated rings. The number of amides is 1. The number of hydrogen-bond donors (Lipinski definition) is 1. The third kappa shape index (κ3) is 3.87. The Morgan fingerprint density at radius 1 is 0.966 bits per heavy atom. The van der Waals surface area contributed by atoms with E-state index in [2.05, 4.69) is 15.3 Å². The van der Waals surface area contributed by atoms with Gasteiger partial charge in [-0.15, -0.1) is 11.3 Å². The number of nitrogens with one attached hydrogen (secondary N) is 1. The molecule has 7 nitrogen and oxygen atoms in total. The number of thiazole rings is 1. The van der Waals surface area contributed by atoms with Crippen LogP contribution in [0.15, 0.2) is 79.1 Å². The molecule has 2 aromatic carbocycles. The van der Waals surface area contributed by atoms with Gasteiger partial charge in [-0.2, -0.15) is 0 Å². The van der Waals surface area contributed by atoms with Crippen LogP contribution in [0, 0.1) is 10.1 Å². The zero-order chi connectivity index (χ0) is 20.2. The second-order valence-electron chi connectivity index (χ2n) is 6.03. The van der Waals surface area contributed by atoms with Crippen molar-refractivity contribution in [3.63, 3.8) is 0 Å². The minimum absolute atomic E-state index is 0.0867. The van der Waals surface area contributed by atoms with Gasteiger partial charge in [0.25, 0.3) is 5.91 Å². The van der Waals surface area contributed by atoms with Crippen molar-refractivity contribution < 1.29 is 9.72 Å². The summed E-state index contributed by atoms with van der Waals surface area (Å²) in [6.07, 6.45) is 2.50. The molecule has 4 aromatic rings. The summed E-state index contributed by atoms with van der Waals surface area (Å²) < 4.78 is 0. The molecule has 0 saturated heterocycles. The molecule has 29 heavy (non-hydrogen) atoms. The lowest BCUT2D eigenvalue weighted by Gasteiger charge is -2.05. The van der Waals surface area contributed by atoms with Gasteiger partial charge in [0.2, 0.25) is 0 Å². The van der Waals surface area contributed by atoms with E-state index in [0.29, 0.717) is 15.6 Å². The summed E-state index contributed by atoms with van der Waals surface area (Å²) in [5.74, 6) is -0.460. The minimum Gasteiger partial charge on any atom is -0.315 e. The normalized spacial score (nSPS) is 10.5. The number of carbonyl (C=O) groups excluding carboxylic acids is 1. The number of hydrogen-bond acceptors (Lipinski definition) is 6. The predicted molar refractivity (Wildman–Crippen MR) is 112 cm³/mol. The van der Waals surface area contributed by atoms with Crippen LogP contribution < -0.4 is 5.32 Å². The average molecular weight is 402 g/mol. The summed E-state index contributed by atoms with van der Waals surface area (Å²) in [6, 6.07) is 20.3. The van der Waals surface area contributed by atoms with E-state index in [4.69, 9.17) is 0 Å². The van der Waals surface area contributed by atoms with Gasteiger partial charge in [-0.25, -0.2) is 4.98 Å². The molecule has 0 aliphatic carbocycles. The van der Waals surface area contributed by atoms with E-state index in [0.717, 1.165) is 17.3 Å². The second kappa shape index (κ2) is 7.99. The summed E-state index contributed by atoms with van der Waals surface area (Å²) in [4.78, 5) is 32.5. The maximum Gasteiger partial charge on any atom is 0.310 e. The quantitative estimate of drug-likeness (QED) is 0.373. The van der Waals surface area contributed by atoms with Crippen molar-refractivity contribution >= 4 is 28.6 Å². The molecule has 0 aliphatic heterocycles. The summed E-state index contributed by atoms with van der Waals surface area (Å²) in [5, 5.41) is 14.5. The lowest BCUT2D eigenvalue weighted by molar-refractivity contribution is -0.384. The van der Waals surface area contributed by atoms with Gasteiger partial charge < -0.3 is 5.32 Å². The van der Waals surface area contributed by atoms with Crippen molar-refractivity contribution in [1.29, 1.82) is 0 Å². The maximum atomic E-state index is 13.0. The Labute approximate surface area is 169 Å². The van der Waals surface area contributed by atoms with Crippen molar-refractivity contribution in [2.45, 2.75) is 0 Å². The largest absolute Gasteiger partial charge is 0.315 e. The minimum atomic E-state index is -0.581. The number of anilines is 1. The van der Waals surface area contributed by atoms with E-state index in [1.807, 2.05) is 60.7 Å². The summed E-state index contributed by atoms with van der Waals surface area (Å²) >= 11 is 1.24. The first-order chi connectivity index (χ1) is 14.1. The Morgan fingerprint density at radius 2 is 1.62 bits per heavy atom. The zero-order valence-corrected chi connectivity index (χ0v) is 15.8. The van der Waals surface area contributed by atoms with Crippen LogP contribution in [0.25, 0.3) is 21.8 Å². The number of carbonyl (C=O) groups is 1. The molecule has 1 amide bonds. The number of nitrogens with zero attached hydrogens (tertiary/aromatic N) is 3. The van der Waals surface area contributed by atoms with Crippen LogP contribution in [0.1, 0.15) is 9.67 Å². The molecule has 0 bridgehead atoms. The van der Waals surface area contributed by atoms with Crippen LogP contribution in [0.3, 0.4) is 0 Å². The standard InChI is InChI=1S/C21H14N4O3S/c26-20(23-16-11-12-22-13-17(16)25(27)28)19-18(14-7-3-1-4-8-14)24-21(29-19)15-9-5-2-6-10-15/h1-13H,(H,22,23,26). The van der Waals surface area contributed by atoms with E-state index < -0.39 is 10.8 Å². The molecule has 0 radical (unpaired) electrons. The first kappa shape index (κ1) is 18.5. The van der Waals surface area contributed by atoms with Crippen molar-refractivity contribution in [2.75, 3.05) is 5.32 Å². The fraction of sp³-hybridized carbons (Fsp3) is 0. The van der Waals surface area contributed by atoms with E-state index >= 15 is 0 Å². The number of pyridine rings is 1. The Bertz CT molecular complexity index is 1180. The van der Waals surface area contributed by atoms with Crippen LogP contribution in [0.2, 0.25) is 0 Å². The second-order valence-corrected chi connectivity index (χ2v) is 7.03. The monoisotopic (exact) mass is 402 g/mol. The molecule has 2 heterocycles. The van der Waals surface area contributed by atoms with E-state index in [1.54, 1.807) is 0 Å². The Hall–Kier alpha value is -3.91. The predicted octanol–water partition coefficient (Wildman–Crippen LogP) is 5.03. The van der Waals surface area contributed by atoms with Crippen LogP contribution in [0.4, 0.5) is 11.4 Å². The molecular weight excluding hydrogens is 388 g/mol. The zero-order valence-electron chi connectivity index (χ0n) is 15.0. The van der Waals surface area contributed by atoms with Crippen LogP contribution >= 0.6 is 11.3 Å². The summed E-state index contributed by atoms with van der Waals surface area (Å²) in [7, 11) is 0. The van der Waals surface area contributed by atoms with Crippen LogP contribution in [-0.4, -0.2) is 20.8 Å². The highest BCUT2D eigenvalue weighted by Gasteiger charge is 2.23. The molecule has 0 spiro atoms. The van der Waals surface area contributed by atoms with E-state index in [1.165, 1.54) is 23.6 Å². The molecule has 0 saturated carbocycles. The molecular formula is C21H14N4O3S. The third-order valence-corrected chi connectivity index (χ3v) is 5.25.